The van der Waals surface area contributed by atoms with Crippen molar-refractivity contribution in [3.63, 3.8) is 0 Å². The van der Waals surface area contributed by atoms with E-state index in [0.29, 0.717) is 24.0 Å². The molecule has 0 aromatic carbocycles. The summed E-state index contributed by atoms with van der Waals surface area (Å²) >= 11 is 0. The number of hydrogen-bond donors (Lipinski definition) is 1. The van der Waals surface area contributed by atoms with E-state index in [1.165, 1.54) is 6.42 Å². The van der Waals surface area contributed by atoms with Gasteiger partial charge in [0.2, 0.25) is 5.91 Å². The van der Waals surface area contributed by atoms with E-state index >= 15 is 0 Å². The quantitative estimate of drug-likeness (QED) is 0.518. The third-order valence-electron chi connectivity index (χ3n) is 3.24. The molecule has 1 amide bonds. The molecule has 4 rings (SSSR count). The summed E-state index contributed by atoms with van der Waals surface area (Å²) < 4.78 is 0. The summed E-state index contributed by atoms with van der Waals surface area (Å²) in [5, 5.41) is 3.48. The standard InChI is InChI=1S/C8H12N2O/c11-8-2-1-7-6-3-5(9-6)4-10(7)8/h5-7,9H,1-4H2. The van der Waals surface area contributed by atoms with Crippen LogP contribution in [-0.2, 0) is 4.79 Å². The summed E-state index contributed by atoms with van der Waals surface area (Å²) in [6.45, 7) is 0.972. The van der Waals surface area contributed by atoms with Crippen molar-refractivity contribution in [3.05, 3.63) is 0 Å². The van der Waals surface area contributed by atoms with Crippen molar-refractivity contribution in [2.24, 2.45) is 0 Å². The molecule has 4 saturated heterocycles. The molecule has 3 heteroatoms. The first-order valence-corrected chi connectivity index (χ1v) is 4.40. The number of nitrogens with one attached hydrogen (secondary N) is 1. The van der Waals surface area contributed by atoms with Crippen LogP contribution in [0.2, 0.25) is 0 Å². The molecular weight excluding hydrogens is 140 g/mol. The van der Waals surface area contributed by atoms with Crippen molar-refractivity contribution in [3.8, 4) is 0 Å². The SMILES string of the molecule is O=C1CCC2C3CC(CN12)N3. The van der Waals surface area contributed by atoms with Crippen molar-refractivity contribution < 1.29 is 4.79 Å². The highest BCUT2D eigenvalue weighted by molar-refractivity contribution is 5.79. The second-order valence-corrected chi connectivity index (χ2v) is 3.86. The fourth-order valence-corrected chi connectivity index (χ4v) is 2.63. The van der Waals surface area contributed by atoms with Crippen LogP contribution in [0.25, 0.3) is 0 Å². The van der Waals surface area contributed by atoms with Gasteiger partial charge in [0.15, 0.2) is 0 Å². The lowest BCUT2D eigenvalue weighted by Gasteiger charge is -2.51. The van der Waals surface area contributed by atoms with Crippen LogP contribution < -0.4 is 5.32 Å². The van der Waals surface area contributed by atoms with Gasteiger partial charge in [-0.1, -0.05) is 0 Å². The summed E-state index contributed by atoms with van der Waals surface area (Å²) in [6.07, 6.45) is 3.17. The Morgan fingerprint density at radius 3 is 3.09 bits per heavy atom. The van der Waals surface area contributed by atoms with Crippen molar-refractivity contribution >= 4 is 5.91 Å². The van der Waals surface area contributed by atoms with Gasteiger partial charge in [0, 0.05) is 31.1 Å². The summed E-state index contributed by atoms with van der Waals surface area (Å²) in [5.74, 6) is 0.381. The number of hydrogen-bond acceptors (Lipinski definition) is 2. The van der Waals surface area contributed by atoms with Gasteiger partial charge in [-0.05, 0) is 12.8 Å². The van der Waals surface area contributed by atoms with Gasteiger partial charge in [-0.15, -0.1) is 0 Å². The van der Waals surface area contributed by atoms with Crippen molar-refractivity contribution in [1.82, 2.24) is 10.2 Å². The summed E-state index contributed by atoms with van der Waals surface area (Å²) in [6, 6.07) is 1.81. The molecule has 3 atom stereocenters. The second-order valence-electron chi connectivity index (χ2n) is 3.86. The zero-order chi connectivity index (χ0) is 7.42. The lowest BCUT2D eigenvalue weighted by molar-refractivity contribution is -0.133. The molecule has 0 spiro atoms. The first-order valence-electron chi connectivity index (χ1n) is 4.40. The molecule has 0 aromatic rings. The molecule has 0 aliphatic carbocycles. The van der Waals surface area contributed by atoms with Crippen molar-refractivity contribution in [1.29, 1.82) is 0 Å². The molecule has 0 radical (unpaired) electrons. The Balaban J connectivity index is 1.89. The van der Waals surface area contributed by atoms with Gasteiger partial charge < -0.3 is 10.2 Å². The van der Waals surface area contributed by atoms with Crippen LogP contribution >= 0.6 is 0 Å². The molecule has 11 heavy (non-hydrogen) atoms. The molecule has 0 saturated carbocycles. The largest absolute Gasteiger partial charge is 0.337 e. The first kappa shape index (κ1) is 6.00. The van der Waals surface area contributed by atoms with E-state index in [4.69, 9.17) is 0 Å². The van der Waals surface area contributed by atoms with Gasteiger partial charge in [-0.25, -0.2) is 0 Å². The minimum Gasteiger partial charge on any atom is -0.337 e. The number of piperidine rings is 1. The first-order chi connectivity index (χ1) is 5.34. The van der Waals surface area contributed by atoms with E-state index in [1.54, 1.807) is 0 Å². The zero-order valence-electron chi connectivity index (χ0n) is 6.42. The molecule has 60 valence electrons. The number of carbonyl (C=O) groups is 1. The van der Waals surface area contributed by atoms with Crippen LogP contribution in [0, 0.1) is 0 Å². The fraction of sp³-hybridized carbons (Fsp3) is 0.875. The van der Waals surface area contributed by atoms with E-state index < -0.39 is 0 Å². The molecule has 2 bridgehead atoms. The minimum atomic E-state index is 0.381. The van der Waals surface area contributed by atoms with Crippen LogP contribution in [0.4, 0.5) is 0 Å². The average molecular weight is 152 g/mol. The smallest absolute Gasteiger partial charge is 0.223 e. The Bertz CT molecular complexity index is 210. The Morgan fingerprint density at radius 2 is 2.36 bits per heavy atom. The topological polar surface area (TPSA) is 32.3 Å². The highest BCUT2D eigenvalue weighted by Gasteiger charge is 2.48. The molecule has 1 N–H and O–H groups in total. The molecule has 3 nitrogen and oxygen atoms in total. The van der Waals surface area contributed by atoms with Gasteiger partial charge in [-0.2, -0.15) is 0 Å². The highest BCUT2D eigenvalue weighted by atomic mass is 16.2. The summed E-state index contributed by atoms with van der Waals surface area (Å²) in [4.78, 5) is 13.4. The highest BCUT2D eigenvalue weighted by Crippen LogP contribution is 2.33. The monoisotopic (exact) mass is 152 g/mol. The van der Waals surface area contributed by atoms with E-state index in [-0.39, 0.29) is 0 Å². The second kappa shape index (κ2) is 1.78. The molecule has 4 heterocycles. The minimum absolute atomic E-state index is 0.381. The summed E-state index contributed by atoms with van der Waals surface area (Å²) in [5.41, 5.74) is 0. The third-order valence-corrected chi connectivity index (χ3v) is 3.24. The lowest BCUT2D eigenvalue weighted by atomic mass is 9.85. The van der Waals surface area contributed by atoms with Gasteiger partial charge in [0.1, 0.15) is 0 Å². The van der Waals surface area contributed by atoms with E-state index in [2.05, 4.69) is 10.2 Å². The van der Waals surface area contributed by atoms with Gasteiger partial charge in [0.25, 0.3) is 0 Å². The molecule has 0 aromatic heterocycles. The van der Waals surface area contributed by atoms with Crippen LogP contribution in [0.15, 0.2) is 0 Å². The molecule has 4 aliphatic rings. The van der Waals surface area contributed by atoms with E-state index in [1.807, 2.05) is 0 Å². The van der Waals surface area contributed by atoms with Crippen LogP contribution in [0.5, 0.6) is 0 Å². The molecule has 4 fully saturated rings. The van der Waals surface area contributed by atoms with Crippen molar-refractivity contribution in [2.75, 3.05) is 6.54 Å². The average Bonchev–Trinajstić information content (AvgIpc) is 2.31. The maximum Gasteiger partial charge on any atom is 0.223 e. The van der Waals surface area contributed by atoms with Crippen molar-refractivity contribution in [2.45, 2.75) is 37.4 Å². The Kier molecular flexibility index (Phi) is 0.969. The number of amides is 1. The zero-order valence-corrected chi connectivity index (χ0v) is 6.42. The number of rotatable bonds is 0. The van der Waals surface area contributed by atoms with Crippen LogP contribution in [0.3, 0.4) is 0 Å². The van der Waals surface area contributed by atoms with E-state index in [0.717, 1.165) is 19.4 Å². The fourth-order valence-electron chi connectivity index (χ4n) is 2.63. The van der Waals surface area contributed by atoms with Gasteiger partial charge in [-0.3, -0.25) is 4.79 Å². The maximum absolute atomic E-state index is 11.3. The van der Waals surface area contributed by atoms with Gasteiger partial charge in [0.05, 0.1) is 0 Å². The maximum atomic E-state index is 11.3. The molecule has 3 unspecified atom stereocenters. The third kappa shape index (κ3) is 0.644. The van der Waals surface area contributed by atoms with E-state index in [9.17, 15) is 4.79 Å². The van der Waals surface area contributed by atoms with Crippen LogP contribution in [-0.4, -0.2) is 35.5 Å². The molecule has 4 aliphatic heterocycles. The number of carbonyl (C=O) groups excluding carboxylic acids is 1. The summed E-state index contributed by atoms with van der Waals surface area (Å²) in [7, 11) is 0. The Labute approximate surface area is 65.7 Å². The normalized spacial score (nSPS) is 47.1. The lowest BCUT2D eigenvalue weighted by Crippen LogP contribution is -2.70. The van der Waals surface area contributed by atoms with Crippen LogP contribution in [0.1, 0.15) is 19.3 Å². The Morgan fingerprint density at radius 1 is 1.55 bits per heavy atom. The Hall–Kier alpha value is -0.570. The predicted octanol–water partition coefficient (Wildman–Crippen LogP) is -0.278. The predicted molar refractivity (Wildman–Crippen MR) is 40.1 cm³/mol. The number of nitrogens with zero attached hydrogens (tertiary/aromatic N) is 1. The van der Waals surface area contributed by atoms with Gasteiger partial charge >= 0.3 is 0 Å². The molecular formula is C8H12N2O. The number of piperazine rings is 1.